The number of rotatable bonds is 5. The van der Waals surface area contributed by atoms with E-state index < -0.39 is 0 Å². The van der Waals surface area contributed by atoms with E-state index in [0.717, 1.165) is 12.3 Å². The summed E-state index contributed by atoms with van der Waals surface area (Å²) in [4.78, 5) is 1.88. The molecule has 0 aromatic carbocycles. The zero-order valence-corrected chi connectivity index (χ0v) is 7.09. The van der Waals surface area contributed by atoms with Crippen LogP contribution in [0.5, 0.6) is 0 Å². The molecule has 0 atom stereocenters. The van der Waals surface area contributed by atoms with Gasteiger partial charge in [0.25, 0.3) is 0 Å². The molecule has 62 valence electrons. The molecule has 0 fully saturated rings. The van der Waals surface area contributed by atoms with Crippen LogP contribution in [0.4, 0.5) is 0 Å². The van der Waals surface area contributed by atoms with Gasteiger partial charge in [-0.1, -0.05) is 0 Å². The molecule has 0 bridgehead atoms. The monoisotopic (exact) mass is 165 g/mol. The van der Waals surface area contributed by atoms with Crippen molar-refractivity contribution in [2.75, 3.05) is 32.6 Å². The SMILES string of the molecule is CN(CCS)C(CO)CO. The Morgan fingerprint density at radius 3 is 2.20 bits per heavy atom. The second kappa shape index (κ2) is 5.97. The molecule has 0 aliphatic heterocycles. The van der Waals surface area contributed by atoms with Gasteiger partial charge in [0.1, 0.15) is 0 Å². The second-order valence-electron chi connectivity index (χ2n) is 2.22. The Morgan fingerprint density at radius 1 is 1.40 bits per heavy atom. The van der Waals surface area contributed by atoms with Crippen LogP contribution >= 0.6 is 12.6 Å². The highest BCUT2D eigenvalue weighted by Crippen LogP contribution is 1.93. The van der Waals surface area contributed by atoms with Gasteiger partial charge in [-0.2, -0.15) is 12.6 Å². The lowest BCUT2D eigenvalue weighted by atomic mass is 10.3. The lowest BCUT2D eigenvalue weighted by Crippen LogP contribution is -2.38. The molecule has 0 aromatic rings. The van der Waals surface area contributed by atoms with Gasteiger partial charge in [-0.05, 0) is 7.05 Å². The molecule has 0 aliphatic carbocycles. The highest BCUT2D eigenvalue weighted by molar-refractivity contribution is 7.80. The maximum Gasteiger partial charge on any atom is 0.0609 e. The summed E-state index contributed by atoms with van der Waals surface area (Å²) >= 11 is 4.03. The van der Waals surface area contributed by atoms with Crippen LogP contribution in [0.3, 0.4) is 0 Å². The van der Waals surface area contributed by atoms with Crippen LogP contribution in [-0.4, -0.2) is 53.7 Å². The van der Waals surface area contributed by atoms with Crippen molar-refractivity contribution in [3.63, 3.8) is 0 Å². The van der Waals surface area contributed by atoms with E-state index in [1.54, 1.807) is 0 Å². The number of nitrogens with zero attached hydrogens (tertiary/aromatic N) is 1. The van der Waals surface area contributed by atoms with E-state index in [-0.39, 0.29) is 19.3 Å². The van der Waals surface area contributed by atoms with E-state index in [2.05, 4.69) is 12.6 Å². The van der Waals surface area contributed by atoms with Crippen molar-refractivity contribution in [2.45, 2.75) is 6.04 Å². The lowest BCUT2D eigenvalue weighted by molar-refractivity contribution is 0.0961. The third-order valence-electron chi connectivity index (χ3n) is 1.50. The van der Waals surface area contributed by atoms with Gasteiger partial charge in [-0.25, -0.2) is 0 Å². The Bertz CT molecular complexity index is 78.1. The first-order valence-electron chi connectivity index (χ1n) is 3.29. The highest BCUT2D eigenvalue weighted by atomic mass is 32.1. The van der Waals surface area contributed by atoms with Crippen LogP contribution in [0.25, 0.3) is 0 Å². The molecule has 0 saturated heterocycles. The number of hydrogen-bond acceptors (Lipinski definition) is 4. The molecule has 10 heavy (non-hydrogen) atoms. The van der Waals surface area contributed by atoms with E-state index in [1.165, 1.54) is 0 Å². The Balaban J connectivity index is 3.53. The first-order chi connectivity index (χ1) is 4.76. The molecule has 3 nitrogen and oxygen atoms in total. The molecule has 0 rings (SSSR count). The van der Waals surface area contributed by atoms with E-state index >= 15 is 0 Å². The molecule has 0 amide bonds. The average molecular weight is 165 g/mol. The van der Waals surface area contributed by atoms with Crippen molar-refractivity contribution in [3.05, 3.63) is 0 Å². The molecule has 2 N–H and O–H groups in total. The van der Waals surface area contributed by atoms with Crippen molar-refractivity contribution >= 4 is 12.6 Å². The van der Waals surface area contributed by atoms with E-state index in [4.69, 9.17) is 10.2 Å². The van der Waals surface area contributed by atoms with Crippen LogP contribution in [0, 0.1) is 0 Å². The highest BCUT2D eigenvalue weighted by Gasteiger charge is 2.10. The summed E-state index contributed by atoms with van der Waals surface area (Å²) in [7, 11) is 1.85. The van der Waals surface area contributed by atoms with Gasteiger partial charge in [0.15, 0.2) is 0 Å². The van der Waals surface area contributed by atoms with Crippen LogP contribution in [0.1, 0.15) is 0 Å². The van der Waals surface area contributed by atoms with Gasteiger partial charge in [-0.15, -0.1) is 0 Å². The van der Waals surface area contributed by atoms with E-state index in [9.17, 15) is 0 Å². The fourth-order valence-electron chi connectivity index (χ4n) is 0.677. The quantitative estimate of drug-likeness (QED) is 0.467. The normalized spacial score (nSPS) is 11.4. The van der Waals surface area contributed by atoms with Crippen LogP contribution in [0.15, 0.2) is 0 Å². The molecule has 0 spiro atoms. The molecule has 0 heterocycles. The molecular formula is C6H15NO2S. The van der Waals surface area contributed by atoms with Crippen molar-refractivity contribution < 1.29 is 10.2 Å². The molecule has 0 aromatic heterocycles. The molecule has 4 heteroatoms. The minimum atomic E-state index is -0.132. The molecule has 0 radical (unpaired) electrons. The number of aliphatic hydroxyl groups is 2. The third-order valence-corrected chi connectivity index (χ3v) is 1.70. The Hall–Kier alpha value is 0.230. The van der Waals surface area contributed by atoms with E-state index in [0.29, 0.717) is 0 Å². The van der Waals surface area contributed by atoms with Crippen LogP contribution in [-0.2, 0) is 0 Å². The summed E-state index contributed by atoms with van der Waals surface area (Å²) in [5.41, 5.74) is 0. The van der Waals surface area contributed by atoms with Crippen molar-refractivity contribution in [1.29, 1.82) is 0 Å². The maximum absolute atomic E-state index is 8.70. The second-order valence-corrected chi connectivity index (χ2v) is 2.67. The van der Waals surface area contributed by atoms with Gasteiger partial charge in [-0.3, -0.25) is 4.90 Å². The van der Waals surface area contributed by atoms with Crippen LogP contribution in [0.2, 0.25) is 0 Å². The number of aliphatic hydroxyl groups excluding tert-OH is 2. The average Bonchev–Trinajstić information content (AvgIpc) is 1.91. The predicted molar refractivity (Wildman–Crippen MR) is 44.4 cm³/mol. The fourth-order valence-corrected chi connectivity index (χ4v) is 0.992. The zero-order valence-electron chi connectivity index (χ0n) is 6.19. The predicted octanol–water partition coefficient (Wildman–Crippen LogP) is -0.799. The summed E-state index contributed by atoms with van der Waals surface area (Å²) in [6.07, 6.45) is 0. The summed E-state index contributed by atoms with van der Waals surface area (Å²) < 4.78 is 0. The molecule has 0 unspecified atom stereocenters. The molecule has 0 saturated carbocycles. The summed E-state index contributed by atoms with van der Waals surface area (Å²) in [6.45, 7) is 0.788. The van der Waals surface area contributed by atoms with Crippen molar-refractivity contribution in [2.24, 2.45) is 0 Å². The summed E-state index contributed by atoms with van der Waals surface area (Å²) in [6, 6.07) is -0.132. The maximum atomic E-state index is 8.70. The van der Waals surface area contributed by atoms with Crippen molar-refractivity contribution in [1.82, 2.24) is 4.90 Å². The van der Waals surface area contributed by atoms with Gasteiger partial charge < -0.3 is 10.2 Å². The summed E-state index contributed by atoms with van der Waals surface area (Å²) in [5.74, 6) is 0.743. The van der Waals surface area contributed by atoms with Gasteiger partial charge in [0.05, 0.1) is 19.3 Å². The van der Waals surface area contributed by atoms with Gasteiger partial charge in [0, 0.05) is 12.3 Å². The minimum Gasteiger partial charge on any atom is -0.395 e. The van der Waals surface area contributed by atoms with Crippen molar-refractivity contribution in [3.8, 4) is 0 Å². The smallest absolute Gasteiger partial charge is 0.0609 e. The Morgan fingerprint density at radius 2 is 1.90 bits per heavy atom. The largest absolute Gasteiger partial charge is 0.395 e. The van der Waals surface area contributed by atoms with E-state index in [1.807, 2.05) is 11.9 Å². The first kappa shape index (κ1) is 10.2. The van der Waals surface area contributed by atoms with Crippen LogP contribution < -0.4 is 0 Å². The van der Waals surface area contributed by atoms with Gasteiger partial charge in [0.2, 0.25) is 0 Å². The number of likely N-dealkylation sites (N-methyl/N-ethyl adjacent to an activating group) is 1. The number of thiol groups is 1. The first-order valence-corrected chi connectivity index (χ1v) is 3.92. The topological polar surface area (TPSA) is 43.7 Å². The van der Waals surface area contributed by atoms with Gasteiger partial charge >= 0.3 is 0 Å². The summed E-state index contributed by atoms with van der Waals surface area (Å²) in [5, 5.41) is 17.4. The Labute approximate surface area is 67.1 Å². The lowest BCUT2D eigenvalue weighted by Gasteiger charge is -2.23. The standard InChI is InChI=1S/C6H15NO2S/c1-7(2-3-10)6(4-8)5-9/h6,8-10H,2-5H2,1H3. The third kappa shape index (κ3) is 3.41. The molecular weight excluding hydrogens is 150 g/mol. The minimum absolute atomic E-state index is 0.000772. The fraction of sp³-hybridized carbons (Fsp3) is 1.00. The Kier molecular flexibility index (Phi) is 6.11. The molecule has 0 aliphatic rings. The number of hydrogen-bond donors (Lipinski definition) is 3. The zero-order chi connectivity index (χ0) is 7.98.